The number of benzene rings is 2. The summed E-state index contributed by atoms with van der Waals surface area (Å²) in [7, 11) is 0. The van der Waals surface area contributed by atoms with Crippen LogP contribution in [0.2, 0.25) is 0 Å². The minimum absolute atomic E-state index is 0.275. The number of nitrogens with one attached hydrogen (secondary N) is 1. The predicted octanol–water partition coefficient (Wildman–Crippen LogP) is 4.42. The molecule has 1 saturated carbocycles. The zero-order chi connectivity index (χ0) is 14.7. The topological polar surface area (TPSA) is 21.3 Å². The van der Waals surface area contributed by atoms with Crippen LogP contribution in [-0.4, -0.2) is 6.04 Å². The lowest BCUT2D eigenvalue weighted by Crippen LogP contribution is -2.16. The van der Waals surface area contributed by atoms with E-state index in [4.69, 9.17) is 4.74 Å². The van der Waals surface area contributed by atoms with Crippen LogP contribution in [-0.2, 0) is 13.2 Å². The van der Waals surface area contributed by atoms with Gasteiger partial charge in [-0.15, -0.1) is 0 Å². The van der Waals surface area contributed by atoms with Crippen molar-refractivity contribution in [3.63, 3.8) is 0 Å². The van der Waals surface area contributed by atoms with Crippen molar-refractivity contribution in [2.75, 3.05) is 0 Å². The third kappa shape index (κ3) is 4.05. The van der Waals surface area contributed by atoms with Crippen LogP contribution >= 0.6 is 15.9 Å². The Hall–Kier alpha value is -1.39. The summed E-state index contributed by atoms with van der Waals surface area (Å²) in [5.74, 6) is 0.379. The highest BCUT2D eigenvalue weighted by Crippen LogP contribution is 2.27. The maximum Gasteiger partial charge on any atom is 0.134 e. The maximum atomic E-state index is 13.1. The molecule has 0 atom stereocenters. The van der Waals surface area contributed by atoms with Crippen molar-refractivity contribution in [1.29, 1.82) is 0 Å². The summed E-state index contributed by atoms with van der Waals surface area (Å²) in [5, 5.41) is 3.52. The Balaban J connectivity index is 1.66. The Morgan fingerprint density at radius 1 is 1.14 bits per heavy atom. The van der Waals surface area contributed by atoms with E-state index in [0.29, 0.717) is 22.9 Å². The summed E-state index contributed by atoms with van der Waals surface area (Å²) in [4.78, 5) is 0. The van der Waals surface area contributed by atoms with Crippen LogP contribution in [0.1, 0.15) is 24.0 Å². The number of ether oxygens (including phenoxy) is 1. The highest BCUT2D eigenvalue weighted by Gasteiger charge is 2.20. The molecule has 2 aromatic carbocycles. The van der Waals surface area contributed by atoms with Gasteiger partial charge in [-0.1, -0.05) is 24.3 Å². The molecular formula is C17H17BrFNO. The molecule has 4 heteroatoms. The van der Waals surface area contributed by atoms with Crippen molar-refractivity contribution < 1.29 is 9.13 Å². The molecule has 2 aromatic rings. The van der Waals surface area contributed by atoms with Gasteiger partial charge in [-0.3, -0.25) is 0 Å². The molecule has 0 saturated heterocycles. The average molecular weight is 350 g/mol. The third-order valence-electron chi connectivity index (χ3n) is 3.55. The van der Waals surface area contributed by atoms with Crippen molar-refractivity contribution in [1.82, 2.24) is 5.32 Å². The fourth-order valence-corrected chi connectivity index (χ4v) is 2.63. The zero-order valence-electron chi connectivity index (χ0n) is 11.6. The largest absolute Gasteiger partial charge is 0.488 e. The fourth-order valence-electron chi connectivity index (χ4n) is 2.16. The first-order valence-corrected chi connectivity index (χ1v) is 7.89. The molecule has 1 aliphatic rings. The number of rotatable bonds is 6. The van der Waals surface area contributed by atoms with Crippen LogP contribution in [0.3, 0.4) is 0 Å². The first kappa shape index (κ1) is 14.5. The minimum atomic E-state index is -0.275. The van der Waals surface area contributed by atoms with Gasteiger partial charge in [-0.2, -0.15) is 0 Å². The number of hydrogen-bond donors (Lipinski definition) is 1. The van der Waals surface area contributed by atoms with Gasteiger partial charge in [-0.25, -0.2) is 4.39 Å². The molecule has 0 aromatic heterocycles. The van der Waals surface area contributed by atoms with Crippen molar-refractivity contribution in [2.45, 2.75) is 32.0 Å². The van der Waals surface area contributed by atoms with Gasteiger partial charge in [0.05, 0.1) is 4.47 Å². The van der Waals surface area contributed by atoms with Gasteiger partial charge in [0.15, 0.2) is 0 Å². The second-order valence-electron chi connectivity index (χ2n) is 5.29. The van der Waals surface area contributed by atoms with E-state index in [1.807, 2.05) is 12.1 Å². The minimum Gasteiger partial charge on any atom is -0.488 e. The van der Waals surface area contributed by atoms with Gasteiger partial charge in [-0.05, 0) is 58.1 Å². The lowest BCUT2D eigenvalue weighted by atomic mass is 10.1. The van der Waals surface area contributed by atoms with E-state index in [1.165, 1.54) is 30.5 Å². The van der Waals surface area contributed by atoms with Gasteiger partial charge in [0.1, 0.15) is 18.2 Å². The monoisotopic (exact) mass is 349 g/mol. The Labute approximate surface area is 132 Å². The molecule has 0 heterocycles. The van der Waals surface area contributed by atoms with E-state index in [-0.39, 0.29) is 5.82 Å². The summed E-state index contributed by atoms with van der Waals surface area (Å²) in [6, 6.07) is 13.4. The van der Waals surface area contributed by atoms with Crippen molar-refractivity contribution in [3.05, 3.63) is 63.9 Å². The first-order chi connectivity index (χ1) is 10.2. The maximum absolute atomic E-state index is 13.1. The molecule has 0 amide bonds. The van der Waals surface area contributed by atoms with Crippen LogP contribution in [0, 0.1) is 5.82 Å². The molecule has 110 valence electrons. The predicted molar refractivity (Wildman–Crippen MR) is 84.7 cm³/mol. The summed E-state index contributed by atoms with van der Waals surface area (Å²) in [6.07, 6.45) is 2.56. The Bertz CT molecular complexity index is 628. The third-order valence-corrected chi connectivity index (χ3v) is 4.17. The number of hydrogen-bond acceptors (Lipinski definition) is 2. The smallest absolute Gasteiger partial charge is 0.134 e. The summed E-state index contributed by atoms with van der Waals surface area (Å²) in [5.41, 5.74) is 2.41. The lowest BCUT2D eigenvalue weighted by molar-refractivity contribution is 0.302. The summed E-state index contributed by atoms with van der Waals surface area (Å²) in [6.45, 7) is 1.35. The van der Waals surface area contributed by atoms with E-state index in [0.717, 1.165) is 12.1 Å². The molecule has 1 fully saturated rings. The van der Waals surface area contributed by atoms with Crippen molar-refractivity contribution in [2.24, 2.45) is 0 Å². The SMILES string of the molecule is Fc1ccc(OCc2ccccc2CNC2CC2)c(Br)c1. The number of halogens is 2. The molecular weight excluding hydrogens is 333 g/mol. The quantitative estimate of drug-likeness (QED) is 0.833. The molecule has 1 aliphatic carbocycles. The van der Waals surface area contributed by atoms with E-state index in [1.54, 1.807) is 6.07 Å². The van der Waals surface area contributed by atoms with E-state index < -0.39 is 0 Å². The zero-order valence-corrected chi connectivity index (χ0v) is 13.2. The highest BCUT2D eigenvalue weighted by molar-refractivity contribution is 9.10. The van der Waals surface area contributed by atoms with Gasteiger partial charge in [0.2, 0.25) is 0 Å². The second-order valence-corrected chi connectivity index (χ2v) is 6.14. The highest BCUT2D eigenvalue weighted by atomic mass is 79.9. The Kier molecular flexibility index (Phi) is 4.56. The molecule has 2 nitrogen and oxygen atoms in total. The second kappa shape index (κ2) is 6.58. The standard InChI is InChI=1S/C17H17BrFNO/c18-16-9-14(19)5-8-17(16)21-11-13-4-2-1-3-12(13)10-20-15-6-7-15/h1-5,8-9,15,20H,6-7,10-11H2. The molecule has 0 aliphatic heterocycles. The van der Waals surface area contributed by atoms with Gasteiger partial charge >= 0.3 is 0 Å². The van der Waals surface area contributed by atoms with Crippen LogP contribution in [0.15, 0.2) is 46.9 Å². The Morgan fingerprint density at radius 2 is 1.90 bits per heavy atom. The fraction of sp³-hybridized carbons (Fsp3) is 0.294. The van der Waals surface area contributed by atoms with E-state index >= 15 is 0 Å². The summed E-state index contributed by atoms with van der Waals surface area (Å²) >= 11 is 3.32. The molecule has 0 radical (unpaired) electrons. The van der Waals surface area contributed by atoms with Gasteiger partial charge in [0, 0.05) is 12.6 Å². The van der Waals surface area contributed by atoms with Crippen molar-refractivity contribution >= 4 is 15.9 Å². The van der Waals surface area contributed by atoms with Crippen LogP contribution in [0.4, 0.5) is 4.39 Å². The molecule has 0 bridgehead atoms. The van der Waals surface area contributed by atoms with Gasteiger partial charge in [0.25, 0.3) is 0 Å². The molecule has 3 rings (SSSR count). The summed E-state index contributed by atoms with van der Waals surface area (Å²) < 4.78 is 19.5. The first-order valence-electron chi connectivity index (χ1n) is 7.10. The Morgan fingerprint density at radius 3 is 2.62 bits per heavy atom. The lowest BCUT2D eigenvalue weighted by Gasteiger charge is -2.12. The van der Waals surface area contributed by atoms with Gasteiger partial charge < -0.3 is 10.1 Å². The van der Waals surface area contributed by atoms with Crippen molar-refractivity contribution in [3.8, 4) is 5.75 Å². The van der Waals surface area contributed by atoms with Crippen LogP contribution < -0.4 is 10.1 Å². The molecule has 21 heavy (non-hydrogen) atoms. The van der Waals surface area contributed by atoms with E-state index in [9.17, 15) is 4.39 Å². The average Bonchev–Trinajstić information content (AvgIpc) is 3.29. The van der Waals surface area contributed by atoms with E-state index in [2.05, 4.69) is 33.4 Å². The molecule has 0 spiro atoms. The molecule has 1 N–H and O–H groups in total. The normalized spacial score (nSPS) is 14.2. The van der Waals surface area contributed by atoms with Crippen LogP contribution in [0.25, 0.3) is 0 Å². The van der Waals surface area contributed by atoms with Crippen LogP contribution in [0.5, 0.6) is 5.75 Å². The molecule has 0 unspecified atom stereocenters.